The normalized spacial score (nSPS) is 19.4. The van der Waals surface area contributed by atoms with E-state index >= 15 is 0 Å². The number of aromatic nitrogens is 3. The maximum atomic E-state index is 12.6. The van der Waals surface area contributed by atoms with Crippen molar-refractivity contribution in [3.8, 4) is 5.69 Å². The van der Waals surface area contributed by atoms with Crippen LogP contribution in [-0.2, 0) is 11.2 Å². The predicted molar refractivity (Wildman–Crippen MR) is 97.1 cm³/mol. The van der Waals surface area contributed by atoms with Gasteiger partial charge in [-0.15, -0.1) is 0 Å². The van der Waals surface area contributed by atoms with E-state index in [0.717, 1.165) is 12.1 Å². The van der Waals surface area contributed by atoms with E-state index in [0.29, 0.717) is 18.8 Å². The fraction of sp³-hybridized carbons (Fsp3) is 0.250. The zero-order valence-electron chi connectivity index (χ0n) is 14.3. The molecule has 3 heterocycles. The molecule has 6 heteroatoms. The Morgan fingerprint density at radius 3 is 2.62 bits per heavy atom. The highest BCUT2D eigenvalue weighted by molar-refractivity contribution is 5.94. The van der Waals surface area contributed by atoms with Crippen LogP contribution in [0.5, 0.6) is 0 Å². The number of amides is 1. The molecule has 1 aromatic carbocycles. The van der Waals surface area contributed by atoms with Crippen LogP contribution in [0.15, 0.2) is 67.5 Å². The maximum absolute atomic E-state index is 12.6. The number of nitrogens with zero attached hydrogens (tertiary/aromatic N) is 3. The molecule has 0 radical (unpaired) electrons. The quantitative estimate of drug-likeness (QED) is 0.768. The highest BCUT2D eigenvalue weighted by Crippen LogP contribution is 2.19. The molecule has 1 aliphatic heterocycles. The summed E-state index contributed by atoms with van der Waals surface area (Å²) >= 11 is 0. The zero-order chi connectivity index (χ0) is 17.8. The number of carbonyl (C=O) groups is 1. The summed E-state index contributed by atoms with van der Waals surface area (Å²) in [5.74, 6) is 0.198. The lowest BCUT2D eigenvalue weighted by Crippen LogP contribution is -2.40. The van der Waals surface area contributed by atoms with Crippen LogP contribution in [0.4, 0.5) is 0 Å². The van der Waals surface area contributed by atoms with Crippen LogP contribution >= 0.6 is 0 Å². The van der Waals surface area contributed by atoms with Crippen LogP contribution in [0, 0.1) is 5.92 Å². The van der Waals surface area contributed by atoms with Crippen molar-refractivity contribution < 1.29 is 9.53 Å². The van der Waals surface area contributed by atoms with E-state index in [-0.39, 0.29) is 17.9 Å². The molecule has 6 nitrogen and oxygen atoms in total. The standard InChI is InChI=1S/C20H20N4O2/c25-20(16-1-3-18(4-2-16)24-10-9-22-14-24)23-19-13-26-12-17(19)11-15-5-7-21-8-6-15/h1-10,14,17,19H,11-13H2,(H,23,25)/t17-,19+/m1/s1. The average molecular weight is 348 g/mol. The van der Waals surface area contributed by atoms with Gasteiger partial charge in [0.2, 0.25) is 0 Å². The lowest BCUT2D eigenvalue weighted by molar-refractivity contribution is 0.0925. The van der Waals surface area contributed by atoms with E-state index < -0.39 is 0 Å². The van der Waals surface area contributed by atoms with Crippen LogP contribution in [0.25, 0.3) is 5.69 Å². The molecular weight excluding hydrogens is 328 g/mol. The number of imidazole rings is 1. The van der Waals surface area contributed by atoms with Crippen molar-refractivity contribution in [2.75, 3.05) is 13.2 Å². The van der Waals surface area contributed by atoms with Crippen molar-refractivity contribution >= 4 is 5.91 Å². The second-order valence-electron chi connectivity index (χ2n) is 6.45. The zero-order valence-corrected chi connectivity index (χ0v) is 14.3. The SMILES string of the molecule is O=C(N[C@H]1COC[C@H]1Cc1ccncc1)c1ccc(-n2ccnc2)cc1. The van der Waals surface area contributed by atoms with Gasteiger partial charge in [0.1, 0.15) is 0 Å². The minimum absolute atomic E-state index is 0.0176. The van der Waals surface area contributed by atoms with Gasteiger partial charge >= 0.3 is 0 Å². The van der Waals surface area contributed by atoms with Gasteiger partial charge in [0.15, 0.2) is 0 Å². The number of ether oxygens (including phenoxy) is 1. The number of pyridine rings is 1. The molecule has 1 aliphatic rings. The number of rotatable bonds is 5. The minimum atomic E-state index is -0.0718. The Morgan fingerprint density at radius 1 is 1.08 bits per heavy atom. The molecule has 2 atom stereocenters. The molecule has 2 aromatic heterocycles. The Balaban J connectivity index is 1.40. The van der Waals surface area contributed by atoms with E-state index in [4.69, 9.17) is 4.74 Å². The smallest absolute Gasteiger partial charge is 0.251 e. The number of carbonyl (C=O) groups excluding carboxylic acids is 1. The van der Waals surface area contributed by atoms with Crippen molar-refractivity contribution in [3.63, 3.8) is 0 Å². The Kier molecular flexibility index (Phi) is 4.75. The first kappa shape index (κ1) is 16.5. The molecule has 0 unspecified atom stereocenters. The van der Waals surface area contributed by atoms with Gasteiger partial charge < -0.3 is 14.6 Å². The lowest BCUT2D eigenvalue weighted by Gasteiger charge is -2.19. The summed E-state index contributed by atoms with van der Waals surface area (Å²) < 4.78 is 7.51. The topological polar surface area (TPSA) is 69.0 Å². The van der Waals surface area contributed by atoms with Crippen LogP contribution in [-0.4, -0.2) is 39.7 Å². The molecule has 1 fully saturated rings. The molecule has 0 spiro atoms. The monoisotopic (exact) mass is 348 g/mol. The second-order valence-corrected chi connectivity index (χ2v) is 6.45. The average Bonchev–Trinajstić information content (AvgIpc) is 3.35. The largest absolute Gasteiger partial charge is 0.379 e. The number of nitrogens with one attached hydrogen (secondary N) is 1. The first-order chi connectivity index (χ1) is 12.8. The number of hydrogen-bond acceptors (Lipinski definition) is 4. The van der Waals surface area contributed by atoms with Gasteiger partial charge in [0.05, 0.1) is 25.6 Å². The van der Waals surface area contributed by atoms with Crippen molar-refractivity contribution in [1.82, 2.24) is 19.9 Å². The van der Waals surface area contributed by atoms with E-state index in [2.05, 4.69) is 15.3 Å². The molecule has 1 saturated heterocycles. The Morgan fingerprint density at radius 2 is 1.88 bits per heavy atom. The van der Waals surface area contributed by atoms with Crippen LogP contribution < -0.4 is 5.32 Å². The molecule has 132 valence electrons. The molecule has 1 N–H and O–H groups in total. The summed E-state index contributed by atoms with van der Waals surface area (Å²) in [5, 5.41) is 3.12. The predicted octanol–water partition coefficient (Wildman–Crippen LogP) is 2.25. The van der Waals surface area contributed by atoms with Crippen molar-refractivity contribution in [3.05, 3.63) is 78.6 Å². The van der Waals surface area contributed by atoms with E-state index in [1.165, 1.54) is 5.56 Å². The van der Waals surface area contributed by atoms with Crippen molar-refractivity contribution in [2.24, 2.45) is 5.92 Å². The fourth-order valence-corrected chi connectivity index (χ4v) is 3.23. The molecular formula is C20H20N4O2. The third-order valence-corrected chi connectivity index (χ3v) is 4.69. The lowest BCUT2D eigenvalue weighted by atomic mass is 9.95. The molecule has 26 heavy (non-hydrogen) atoms. The van der Waals surface area contributed by atoms with E-state index in [1.807, 2.05) is 47.2 Å². The highest BCUT2D eigenvalue weighted by Gasteiger charge is 2.29. The fourth-order valence-electron chi connectivity index (χ4n) is 3.23. The molecule has 1 amide bonds. The Bertz CT molecular complexity index is 847. The first-order valence-electron chi connectivity index (χ1n) is 8.65. The summed E-state index contributed by atoms with van der Waals surface area (Å²) in [5.41, 5.74) is 2.82. The first-order valence-corrected chi connectivity index (χ1v) is 8.65. The van der Waals surface area contributed by atoms with Gasteiger partial charge in [-0.3, -0.25) is 9.78 Å². The molecule has 4 rings (SSSR count). The molecule has 0 saturated carbocycles. The van der Waals surface area contributed by atoms with Gasteiger partial charge in [-0.05, 0) is 48.4 Å². The van der Waals surface area contributed by atoms with Gasteiger partial charge in [0, 0.05) is 42.0 Å². The van der Waals surface area contributed by atoms with Crippen LogP contribution in [0.2, 0.25) is 0 Å². The Labute approximate surface area is 151 Å². The summed E-state index contributed by atoms with van der Waals surface area (Å²) in [4.78, 5) is 20.7. The summed E-state index contributed by atoms with van der Waals surface area (Å²) in [6.45, 7) is 1.21. The van der Waals surface area contributed by atoms with E-state index in [9.17, 15) is 4.79 Å². The summed E-state index contributed by atoms with van der Waals surface area (Å²) in [6, 6.07) is 11.5. The van der Waals surface area contributed by atoms with Crippen LogP contribution in [0.1, 0.15) is 15.9 Å². The van der Waals surface area contributed by atoms with Gasteiger partial charge in [-0.25, -0.2) is 4.98 Å². The maximum Gasteiger partial charge on any atom is 0.251 e. The number of benzene rings is 1. The third-order valence-electron chi connectivity index (χ3n) is 4.69. The van der Waals surface area contributed by atoms with Crippen LogP contribution in [0.3, 0.4) is 0 Å². The second kappa shape index (κ2) is 7.49. The molecule has 3 aromatic rings. The van der Waals surface area contributed by atoms with E-state index in [1.54, 1.807) is 24.9 Å². The summed E-state index contributed by atoms with van der Waals surface area (Å²) in [7, 11) is 0. The minimum Gasteiger partial charge on any atom is -0.379 e. The number of hydrogen-bond donors (Lipinski definition) is 1. The Hall–Kier alpha value is -2.99. The van der Waals surface area contributed by atoms with Gasteiger partial charge in [-0.1, -0.05) is 0 Å². The van der Waals surface area contributed by atoms with Gasteiger partial charge in [-0.2, -0.15) is 0 Å². The molecule has 0 bridgehead atoms. The third kappa shape index (κ3) is 3.65. The summed E-state index contributed by atoms with van der Waals surface area (Å²) in [6.07, 6.45) is 9.78. The van der Waals surface area contributed by atoms with Crippen molar-refractivity contribution in [1.29, 1.82) is 0 Å². The highest BCUT2D eigenvalue weighted by atomic mass is 16.5. The molecule has 0 aliphatic carbocycles. The van der Waals surface area contributed by atoms with Crippen molar-refractivity contribution in [2.45, 2.75) is 12.5 Å². The van der Waals surface area contributed by atoms with Gasteiger partial charge in [0.25, 0.3) is 5.91 Å².